The number of hydrogen-bond donors (Lipinski definition) is 0. The molecule has 0 saturated heterocycles. The maximum absolute atomic E-state index is 12.2. The van der Waals surface area contributed by atoms with Crippen molar-refractivity contribution in [3.63, 3.8) is 0 Å². The molecule has 2 rings (SSSR count). The average molecular weight is 283 g/mol. The van der Waals surface area contributed by atoms with Crippen molar-refractivity contribution in [1.29, 1.82) is 0 Å². The zero-order chi connectivity index (χ0) is 13.8. The zero-order valence-electron chi connectivity index (χ0n) is 10.8. The maximum Gasteiger partial charge on any atom is 0.253 e. The second-order valence-corrected chi connectivity index (χ2v) is 4.34. The van der Waals surface area contributed by atoms with Gasteiger partial charge in [-0.25, -0.2) is 0 Å². The van der Waals surface area contributed by atoms with Crippen LogP contribution >= 0.6 is 11.6 Å². The predicted molar refractivity (Wildman–Crippen MR) is 72.6 cm³/mol. The fraction of sp³-hybridized carbons (Fsp3) is 0.357. The highest BCUT2D eigenvalue weighted by Crippen LogP contribution is 2.24. The predicted octanol–water partition coefficient (Wildman–Crippen LogP) is 3.67. The Balaban J connectivity index is 2.29. The van der Waals surface area contributed by atoms with Gasteiger partial charge in [-0.15, -0.1) is 0 Å². The third kappa shape index (κ3) is 3.15. The first-order chi connectivity index (χ1) is 9.15. The number of carbonyl (C=O) groups excluding carboxylic acids is 1. The molecule has 0 radical (unpaired) electrons. The van der Waals surface area contributed by atoms with Crippen LogP contribution in [0.25, 0.3) is 11.0 Å². The molecule has 19 heavy (non-hydrogen) atoms. The van der Waals surface area contributed by atoms with Gasteiger partial charge in [0.2, 0.25) is 6.29 Å². The van der Waals surface area contributed by atoms with Gasteiger partial charge in [0, 0.05) is 23.6 Å². The topological polar surface area (TPSA) is 48.7 Å². The summed E-state index contributed by atoms with van der Waals surface area (Å²) in [6, 6.07) is 6.83. The highest BCUT2D eigenvalue weighted by molar-refractivity contribution is 6.31. The molecule has 0 N–H and O–H groups in total. The minimum absolute atomic E-state index is 0.212. The van der Waals surface area contributed by atoms with Gasteiger partial charge in [-0.1, -0.05) is 11.6 Å². The van der Waals surface area contributed by atoms with Crippen LogP contribution in [0, 0.1) is 0 Å². The number of halogens is 1. The van der Waals surface area contributed by atoms with E-state index in [2.05, 4.69) is 0 Å². The van der Waals surface area contributed by atoms with Crippen LogP contribution in [-0.4, -0.2) is 25.3 Å². The first-order valence-electron chi connectivity index (χ1n) is 6.12. The molecule has 5 heteroatoms. The Bertz CT molecular complexity index is 570. The van der Waals surface area contributed by atoms with Crippen molar-refractivity contribution in [2.75, 3.05) is 13.2 Å². The first kappa shape index (κ1) is 14.1. The van der Waals surface area contributed by atoms with Crippen LogP contribution in [0.15, 0.2) is 28.7 Å². The first-order valence-corrected chi connectivity index (χ1v) is 6.50. The largest absolute Gasteiger partial charge is 0.453 e. The Morgan fingerprint density at radius 1 is 1.26 bits per heavy atom. The van der Waals surface area contributed by atoms with Gasteiger partial charge < -0.3 is 13.9 Å². The van der Waals surface area contributed by atoms with E-state index < -0.39 is 6.29 Å². The lowest BCUT2D eigenvalue weighted by atomic mass is 10.2. The second kappa shape index (κ2) is 6.19. The molecule has 0 atom stereocenters. The monoisotopic (exact) mass is 282 g/mol. The molecule has 102 valence electrons. The maximum atomic E-state index is 12.2. The molecule has 0 spiro atoms. The van der Waals surface area contributed by atoms with E-state index in [0.717, 1.165) is 5.39 Å². The number of benzene rings is 1. The lowest BCUT2D eigenvalue weighted by Crippen LogP contribution is -2.27. The normalized spacial score (nSPS) is 11.4. The number of furan rings is 1. The van der Waals surface area contributed by atoms with E-state index in [0.29, 0.717) is 23.8 Å². The number of fused-ring (bicyclic) bond motifs is 1. The quantitative estimate of drug-likeness (QED) is 0.599. The molecule has 0 aliphatic rings. The number of carbonyl (C=O) groups is 1. The smallest absolute Gasteiger partial charge is 0.253 e. The SMILES string of the molecule is CCOC(OCC)C(=O)c1cc2cc(Cl)ccc2o1. The Labute approximate surface area is 116 Å². The number of rotatable bonds is 6. The molecule has 0 aliphatic heterocycles. The van der Waals surface area contributed by atoms with E-state index in [9.17, 15) is 4.79 Å². The number of ether oxygens (including phenoxy) is 2. The summed E-state index contributed by atoms with van der Waals surface area (Å²) in [6.07, 6.45) is -0.925. The summed E-state index contributed by atoms with van der Waals surface area (Å²) in [5.74, 6) is -0.111. The third-order valence-corrected chi connectivity index (χ3v) is 2.81. The van der Waals surface area contributed by atoms with E-state index in [1.54, 1.807) is 38.1 Å². The van der Waals surface area contributed by atoms with Gasteiger partial charge >= 0.3 is 0 Å². The van der Waals surface area contributed by atoms with E-state index in [1.165, 1.54) is 0 Å². The summed E-state index contributed by atoms with van der Waals surface area (Å²) in [6.45, 7) is 4.39. The molecule has 2 aromatic rings. The van der Waals surface area contributed by atoms with Gasteiger partial charge in [-0.05, 0) is 38.1 Å². The van der Waals surface area contributed by atoms with Crippen molar-refractivity contribution in [3.05, 3.63) is 35.0 Å². The molecule has 4 nitrogen and oxygen atoms in total. The fourth-order valence-electron chi connectivity index (χ4n) is 1.75. The summed E-state index contributed by atoms with van der Waals surface area (Å²) < 4.78 is 16.0. The molecule has 0 amide bonds. The summed E-state index contributed by atoms with van der Waals surface area (Å²) in [5, 5.41) is 1.38. The summed E-state index contributed by atoms with van der Waals surface area (Å²) in [4.78, 5) is 12.2. The second-order valence-electron chi connectivity index (χ2n) is 3.90. The molecule has 0 saturated carbocycles. The van der Waals surface area contributed by atoms with Crippen LogP contribution in [-0.2, 0) is 9.47 Å². The van der Waals surface area contributed by atoms with Crippen molar-refractivity contribution in [3.8, 4) is 0 Å². The molecule has 0 bridgehead atoms. The Kier molecular flexibility index (Phi) is 4.58. The highest BCUT2D eigenvalue weighted by atomic mass is 35.5. The fourth-order valence-corrected chi connectivity index (χ4v) is 1.93. The van der Waals surface area contributed by atoms with Crippen LogP contribution in [0.3, 0.4) is 0 Å². The van der Waals surface area contributed by atoms with E-state index in [-0.39, 0.29) is 11.5 Å². The van der Waals surface area contributed by atoms with Gasteiger partial charge in [-0.3, -0.25) is 4.79 Å². The van der Waals surface area contributed by atoms with Gasteiger partial charge in [0.05, 0.1) is 0 Å². The molecule has 1 aromatic heterocycles. The number of hydrogen-bond acceptors (Lipinski definition) is 4. The van der Waals surface area contributed by atoms with E-state index in [4.69, 9.17) is 25.5 Å². The molecular formula is C14H15ClO4. The summed E-state index contributed by atoms with van der Waals surface area (Å²) in [7, 11) is 0. The average Bonchev–Trinajstić information content (AvgIpc) is 2.80. The Morgan fingerprint density at radius 2 is 1.95 bits per heavy atom. The van der Waals surface area contributed by atoms with E-state index >= 15 is 0 Å². The van der Waals surface area contributed by atoms with Crippen LogP contribution in [0.5, 0.6) is 0 Å². The number of ketones is 1. The summed E-state index contributed by atoms with van der Waals surface area (Å²) >= 11 is 5.89. The van der Waals surface area contributed by atoms with Crippen LogP contribution in [0.2, 0.25) is 5.02 Å². The Morgan fingerprint density at radius 3 is 2.58 bits per heavy atom. The van der Waals surface area contributed by atoms with Crippen LogP contribution in [0.4, 0.5) is 0 Å². The molecule has 0 fully saturated rings. The van der Waals surface area contributed by atoms with Crippen molar-refractivity contribution >= 4 is 28.4 Å². The molecular weight excluding hydrogens is 268 g/mol. The standard InChI is InChI=1S/C14H15ClO4/c1-3-17-14(18-4-2)13(16)12-8-9-7-10(15)5-6-11(9)19-12/h5-8,14H,3-4H2,1-2H3. The molecule has 1 aromatic carbocycles. The Hall–Kier alpha value is -1.36. The van der Waals surface area contributed by atoms with Gasteiger partial charge in [0.1, 0.15) is 5.58 Å². The van der Waals surface area contributed by atoms with Gasteiger partial charge in [0.25, 0.3) is 5.78 Å². The van der Waals surface area contributed by atoms with Crippen molar-refractivity contribution in [2.45, 2.75) is 20.1 Å². The van der Waals surface area contributed by atoms with Crippen molar-refractivity contribution in [2.24, 2.45) is 0 Å². The minimum Gasteiger partial charge on any atom is -0.453 e. The molecule has 1 heterocycles. The lowest BCUT2D eigenvalue weighted by molar-refractivity contribution is -0.108. The van der Waals surface area contributed by atoms with Crippen molar-refractivity contribution in [1.82, 2.24) is 0 Å². The highest BCUT2D eigenvalue weighted by Gasteiger charge is 2.24. The van der Waals surface area contributed by atoms with Crippen molar-refractivity contribution < 1.29 is 18.7 Å². The molecule has 0 aliphatic carbocycles. The lowest BCUT2D eigenvalue weighted by Gasteiger charge is -2.13. The third-order valence-electron chi connectivity index (χ3n) is 2.57. The molecule has 0 unspecified atom stereocenters. The van der Waals surface area contributed by atoms with Crippen LogP contribution < -0.4 is 0 Å². The van der Waals surface area contributed by atoms with Gasteiger partial charge in [0.15, 0.2) is 5.76 Å². The van der Waals surface area contributed by atoms with Crippen LogP contribution in [0.1, 0.15) is 24.4 Å². The van der Waals surface area contributed by atoms with E-state index in [1.807, 2.05) is 0 Å². The van der Waals surface area contributed by atoms with Gasteiger partial charge in [-0.2, -0.15) is 0 Å². The summed E-state index contributed by atoms with van der Waals surface area (Å²) in [5.41, 5.74) is 0.611. The minimum atomic E-state index is -0.925. The number of Topliss-reactive ketones (excluding diaryl/α,β-unsaturated/α-hetero) is 1. The zero-order valence-corrected chi connectivity index (χ0v) is 11.6.